The Kier molecular flexibility index (Phi) is 6.26. The lowest BCUT2D eigenvalue weighted by molar-refractivity contribution is -0.384. The van der Waals surface area contributed by atoms with Gasteiger partial charge in [0.1, 0.15) is 11.6 Å². The monoisotopic (exact) mass is 438 g/mol. The van der Waals surface area contributed by atoms with Crippen LogP contribution in [0.2, 0.25) is 0 Å². The molecule has 1 aliphatic rings. The minimum atomic E-state index is -0.516. The summed E-state index contributed by atoms with van der Waals surface area (Å²) < 4.78 is 10.5. The van der Waals surface area contributed by atoms with E-state index in [9.17, 15) is 14.9 Å². The molecule has 1 aliphatic heterocycles. The fraction of sp³-hybridized carbons (Fsp3) is 0.286. The van der Waals surface area contributed by atoms with Crippen molar-refractivity contribution in [1.82, 2.24) is 20.5 Å². The van der Waals surface area contributed by atoms with Gasteiger partial charge >= 0.3 is 0 Å². The maximum absolute atomic E-state index is 12.9. The molecule has 166 valence electrons. The molecular formula is C21H22N6O5. The van der Waals surface area contributed by atoms with Crippen molar-refractivity contribution in [3.63, 3.8) is 0 Å². The summed E-state index contributed by atoms with van der Waals surface area (Å²) in [6, 6.07) is 11.6. The largest absolute Gasteiger partial charge is 0.497 e. The van der Waals surface area contributed by atoms with Crippen LogP contribution in [0.25, 0.3) is 11.4 Å². The highest BCUT2D eigenvalue weighted by atomic mass is 16.6. The second-order valence-corrected chi connectivity index (χ2v) is 7.07. The van der Waals surface area contributed by atoms with Crippen LogP contribution < -0.4 is 15.0 Å². The first-order valence-electron chi connectivity index (χ1n) is 10.00. The number of hydrogen-bond acceptors (Lipinski definition) is 8. The van der Waals surface area contributed by atoms with E-state index in [4.69, 9.17) is 9.47 Å². The average Bonchev–Trinajstić information content (AvgIpc) is 3.32. The van der Waals surface area contributed by atoms with Crippen molar-refractivity contribution >= 4 is 17.3 Å². The number of nitro groups is 1. The molecular weight excluding hydrogens is 416 g/mol. The molecule has 1 amide bonds. The zero-order valence-corrected chi connectivity index (χ0v) is 17.4. The maximum atomic E-state index is 12.9. The quantitative estimate of drug-likeness (QED) is 0.423. The van der Waals surface area contributed by atoms with Crippen LogP contribution in [0.3, 0.4) is 0 Å². The molecule has 0 atom stereocenters. The SMILES string of the molecule is COc1ccc(-c2n[nH]c(CNC(=O)c3cc([N+](=O)[O-])ccc3N3CCOCC3)n2)cc1. The molecule has 2 heterocycles. The van der Waals surface area contributed by atoms with Crippen LogP contribution >= 0.6 is 0 Å². The van der Waals surface area contributed by atoms with Gasteiger partial charge in [-0.25, -0.2) is 4.98 Å². The molecule has 0 spiro atoms. The van der Waals surface area contributed by atoms with Crippen LogP contribution in [0.15, 0.2) is 42.5 Å². The third kappa shape index (κ3) is 4.67. The molecule has 11 nitrogen and oxygen atoms in total. The van der Waals surface area contributed by atoms with E-state index in [1.807, 2.05) is 29.2 Å². The van der Waals surface area contributed by atoms with Crippen LogP contribution in [0, 0.1) is 10.1 Å². The number of amides is 1. The number of ether oxygens (including phenoxy) is 2. The van der Waals surface area contributed by atoms with Gasteiger partial charge in [0, 0.05) is 30.8 Å². The minimum absolute atomic E-state index is 0.0905. The second-order valence-electron chi connectivity index (χ2n) is 7.07. The molecule has 1 fully saturated rings. The Balaban J connectivity index is 1.49. The number of nitrogens with zero attached hydrogens (tertiary/aromatic N) is 4. The number of hydrogen-bond donors (Lipinski definition) is 2. The van der Waals surface area contributed by atoms with E-state index in [-0.39, 0.29) is 17.8 Å². The molecule has 1 aromatic heterocycles. The Labute approximate surface area is 183 Å². The van der Waals surface area contributed by atoms with Crippen molar-refractivity contribution < 1.29 is 19.2 Å². The van der Waals surface area contributed by atoms with E-state index < -0.39 is 10.8 Å². The predicted octanol–water partition coefficient (Wildman–Crippen LogP) is 2.16. The van der Waals surface area contributed by atoms with Gasteiger partial charge in [-0.3, -0.25) is 20.0 Å². The number of carbonyl (C=O) groups is 1. The van der Waals surface area contributed by atoms with E-state index in [0.717, 1.165) is 11.3 Å². The average molecular weight is 438 g/mol. The number of nitrogens with one attached hydrogen (secondary N) is 2. The number of anilines is 1. The first kappa shape index (κ1) is 21.2. The van der Waals surface area contributed by atoms with Gasteiger partial charge in [0.15, 0.2) is 5.82 Å². The van der Waals surface area contributed by atoms with Crippen LogP contribution in [0.4, 0.5) is 11.4 Å². The number of methoxy groups -OCH3 is 1. The molecule has 2 aromatic carbocycles. The summed E-state index contributed by atoms with van der Waals surface area (Å²) in [5, 5.41) is 21.0. The van der Waals surface area contributed by atoms with Crippen LogP contribution in [-0.2, 0) is 11.3 Å². The molecule has 3 aromatic rings. The third-order valence-electron chi connectivity index (χ3n) is 5.08. The fourth-order valence-corrected chi connectivity index (χ4v) is 3.40. The van der Waals surface area contributed by atoms with Crippen molar-refractivity contribution in [3.05, 3.63) is 64.0 Å². The number of rotatable bonds is 7. The highest BCUT2D eigenvalue weighted by molar-refractivity contribution is 6.00. The Hall–Kier alpha value is -3.99. The normalized spacial score (nSPS) is 13.6. The summed E-state index contributed by atoms with van der Waals surface area (Å²) in [7, 11) is 1.59. The van der Waals surface area contributed by atoms with E-state index in [1.165, 1.54) is 12.1 Å². The van der Waals surface area contributed by atoms with Gasteiger partial charge in [-0.15, -0.1) is 0 Å². The van der Waals surface area contributed by atoms with Gasteiger partial charge < -0.3 is 19.7 Å². The number of carbonyl (C=O) groups excluding carboxylic acids is 1. The second kappa shape index (κ2) is 9.43. The first-order valence-corrected chi connectivity index (χ1v) is 10.00. The van der Waals surface area contributed by atoms with E-state index >= 15 is 0 Å². The molecule has 11 heteroatoms. The number of aromatic amines is 1. The van der Waals surface area contributed by atoms with E-state index in [2.05, 4.69) is 20.5 Å². The smallest absolute Gasteiger partial charge is 0.270 e. The Bertz CT molecular complexity index is 1110. The highest BCUT2D eigenvalue weighted by Crippen LogP contribution is 2.26. The third-order valence-corrected chi connectivity index (χ3v) is 5.08. The summed E-state index contributed by atoms with van der Waals surface area (Å²) in [6.45, 7) is 2.36. The van der Waals surface area contributed by atoms with Crippen LogP contribution in [-0.4, -0.2) is 59.4 Å². The summed E-state index contributed by atoms with van der Waals surface area (Å²) in [5.74, 6) is 1.24. The predicted molar refractivity (Wildman–Crippen MR) is 116 cm³/mol. The Morgan fingerprint density at radius 2 is 2.00 bits per heavy atom. The molecule has 0 saturated carbocycles. The van der Waals surface area contributed by atoms with E-state index in [1.54, 1.807) is 13.2 Å². The lowest BCUT2D eigenvalue weighted by atomic mass is 10.1. The maximum Gasteiger partial charge on any atom is 0.270 e. The van der Waals surface area contributed by atoms with E-state index in [0.29, 0.717) is 43.6 Å². The van der Waals surface area contributed by atoms with Gasteiger partial charge in [-0.2, -0.15) is 5.10 Å². The molecule has 2 N–H and O–H groups in total. The number of H-pyrrole nitrogens is 1. The van der Waals surface area contributed by atoms with Crippen molar-refractivity contribution in [2.45, 2.75) is 6.54 Å². The number of aromatic nitrogens is 3. The van der Waals surface area contributed by atoms with Crippen molar-refractivity contribution in [2.24, 2.45) is 0 Å². The zero-order valence-electron chi connectivity index (χ0n) is 17.4. The van der Waals surface area contributed by atoms with Gasteiger partial charge in [-0.05, 0) is 30.3 Å². The number of morpholine rings is 1. The van der Waals surface area contributed by atoms with Crippen LogP contribution in [0.1, 0.15) is 16.2 Å². The molecule has 4 rings (SSSR count). The van der Waals surface area contributed by atoms with Gasteiger partial charge in [0.25, 0.3) is 11.6 Å². The molecule has 32 heavy (non-hydrogen) atoms. The molecule has 0 bridgehead atoms. The summed E-state index contributed by atoms with van der Waals surface area (Å²) in [4.78, 5) is 30.0. The molecule has 0 aliphatic carbocycles. The first-order chi connectivity index (χ1) is 15.5. The van der Waals surface area contributed by atoms with Crippen molar-refractivity contribution in [1.29, 1.82) is 0 Å². The standard InChI is InChI=1S/C21H22N6O5/c1-31-16-5-2-14(3-6-16)20-23-19(24-25-20)13-22-21(28)17-12-15(27(29)30)4-7-18(17)26-8-10-32-11-9-26/h2-7,12H,8-11,13H2,1H3,(H,22,28)(H,23,24,25). The lowest BCUT2D eigenvalue weighted by Crippen LogP contribution is -2.38. The number of nitro benzene ring substituents is 1. The highest BCUT2D eigenvalue weighted by Gasteiger charge is 2.22. The molecule has 0 radical (unpaired) electrons. The molecule has 0 unspecified atom stereocenters. The van der Waals surface area contributed by atoms with Crippen molar-refractivity contribution in [2.75, 3.05) is 38.3 Å². The number of non-ortho nitro benzene ring substituents is 1. The lowest BCUT2D eigenvalue weighted by Gasteiger charge is -2.30. The minimum Gasteiger partial charge on any atom is -0.497 e. The van der Waals surface area contributed by atoms with Gasteiger partial charge in [-0.1, -0.05) is 0 Å². The fourth-order valence-electron chi connectivity index (χ4n) is 3.40. The van der Waals surface area contributed by atoms with Crippen LogP contribution in [0.5, 0.6) is 5.75 Å². The Morgan fingerprint density at radius 1 is 1.25 bits per heavy atom. The summed E-state index contributed by atoms with van der Waals surface area (Å²) >= 11 is 0. The van der Waals surface area contributed by atoms with Gasteiger partial charge in [0.05, 0.1) is 43.0 Å². The summed E-state index contributed by atoms with van der Waals surface area (Å²) in [5.41, 5.74) is 1.52. The topological polar surface area (TPSA) is 136 Å². The van der Waals surface area contributed by atoms with Crippen molar-refractivity contribution in [3.8, 4) is 17.1 Å². The zero-order chi connectivity index (χ0) is 22.5. The Morgan fingerprint density at radius 3 is 2.69 bits per heavy atom. The molecule has 1 saturated heterocycles. The van der Waals surface area contributed by atoms with Gasteiger partial charge in [0.2, 0.25) is 0 Å². The number of benzene rings is 2. The summed E-state index contributed by atoms with van der Waals surface area (Å²) in [6.07, 6.45) is 0.